The summed E-state index contributed by atoms with van der Waals surface area (Å²) >= 11 is 1.54. The highest BCUT2D eigenvalue weighted by Gasteiger charge is 2.18. The standard InChI is InChI=1S/C25H33N5O2S/c1-18(9-11-28-13-15-29(16-14-28)21-7-5-4-6-8-21)27-22(31)10-12-30-17-26-24-23(25(30)32)19(2)20(3)33-24/h4-8,17-18H,9-16H2,1-3H3,(H,27,31)/t18-/m1/s1. The number of hydrogen-bond donors (Lipinski definition) is 1. The molecule has 1 amide bonds. The largest absolute Gasteiger partial charge is 0.369 e. The third kappa shape index (κ3) is 5.62. The second kappa shape index (κ2) is 10.5. The number of hydrogen-bond acceptors (Lipinski definition) is 6. The number of fused-ring (bicyclic) bond motifs is 1. The molecule has 7 nitrogen and oxygen atoms in total. The van der Waals surface area contributed by atoms with Crippen LogP contribution in [0.1, 0.15) is 30.2 Å². The summed E-state index contributed by atoms with van der Waals surface area (Å²) in [6, 6.07) is 10.6. The number of benzene rings is 1. The second-order valence-corrected chi connectivity index (χ2v) is 10.1. The lowest BCUT2D eigenvalue weighted by Gasteiger charge is -2.36. The third-order valence-electron chi connectivity index (χ3n) is 6.51. The van der Waals surface area contributed by atoms with Crippen LogP contribution in [0.15, 0.2) is 41.5 Å². The van der Waals surface area contributed by atoms with E-state index in [4.69, 9.17) is 0 Å². The van der Waals surface area contributed by atoms with Gasteiger partial charge in [0, 0.05) is 62.3 Å². The van der Waals surface area contributed by atoms with E-state index in [1.807, 2.05) is 13.8 Å². The molecule has 4 rings (SSSR count). The minimum Gasteiger partial charge on any atom is -0.369 e. The summed E-state index contributed by atoms with van der Waals surface area (Å²) in [5, 5.41) is 3.77. The van der Waals surface area contributed by atoms with Gasteiger partial charge in [-0.3, -0.25) is 19.1 Å². The zero-order chi connectivity index (χ0) is 23.4. The van der Waals surface area contributed by atoms with Gasteiger partial charge in [-0.25, -0.2) is 4.98 Å². The maximum Gasteiger partial charge on any atom is 0.262 e. The third-order valence-corrected chi connectivity index (χ3v) is 7.63. The van der Waals surface area contributed by atoms with E-state index in [1.54, 1.807) is 22.2 Å². The van der Waals surface area contributed by atoms with Crippen molar-refractivity contribution in [1.29, 1.82) is 0 Å². The van der Waals surface area contributed by atoms with Crippen molar-refractivity contribution in [3.63, 3.8) is 0 Å². The first-order valence-electron chi connectivity index (χ1n) is 11.7. The summed E-state index contributed by atoms with van der Waals surface area (Å²) in [7, 11) is 0. The van der Waals surface area contributed by atoms with Crippen molar-refractivity contribution in [3.8, 4) is 0 Å². The zero-order valence-electron chi connectivity index (χ0n) is 19.7. The fraction of sp³-hybridized carbons (Fsp3) is 0.480. The number of carbonyl (C=O) groups is 1. The summed E-state index contributed by atoms with van der Waals surface area (Å²) in [5.74, 6) is -0.0263. The number of para-hydroxylation sites is 1. The molecule has 176 valence electrons. The SMILES string of the molecule is Cc1sc2ncn(CCC(=O)N[C@H](C)CCN3CCN(c4ccccc4)CC3)c(=O)c2c1C. The van der Waals surface area contributed by atoms with Crippen LogP contribution in [0, 0.1) is 13.8 Å². The summed E-state index contributed by atoms with van der Waals surface area (Å²) in [5.41, 5.74) is 2.22. The topological polar surface area (TPSA) is 70.5 Å². The molecule has 3 aromatic rings. The Morgan fingerprint density at radius 1 is 1.12 bits per heavy atom. The van der Waals surface area contributed by atoms with E-state index in [9.17, 15) is 9.59 Å². The molecule has 0 saturated carbocycles. The van der Waals surface area contributed by atoms with Crippen LogP contribution in [0.25, 0.3) is 10.2 Å². The van der Waals surface area contributed by atoms with Crippen molar-refractivity contribution in [1.82, 2.24) is 19.8 Å². The van der Waals surface area contributed by atoms with Gasteiger partial charge in [-0.15, -0.1) is 11.3 Å². The Morgan fingerprint density at radius 3 is 2.58 bits per heavy atom. The fourth-order valence-corrected chi connectivity index (χ4v) is 5.30. The van der Waals surface area contributed by atoms with Crippen molar-refractivity contribution in [2.24, 2.45) is 0 Å². The summed E-state index contributed by atoms with van der Waals surface area (Å²) in [4.78, 5) is 36.4. The molecule has 1 fully saturated rings. The number of amides is 1. The lowest BCUT2D eigenvalue weighted by molar-refractivity contribution is -0.122. The molecule has 0 unspecified atom stereocenters. The molecule has 8 heteroatoms. The molecule has 3 heterocycles. The van der Waals surface area contributed by atoms with Gasteiger partial charge in [0.05, 0.1) is 11.7 Å². The Hall–Kier alpha value is -2.71. The number of nitrogens with zero attached hydrogens (tertiary/aromatic N) is 4. The normalized spacial score (nSPS) is 15.7. The van der Waals surface area contributed by atoms with Gasteiger partial charge >= 0.3 is 0 Å². The quantitative estimate of drug-likeness (QED) is 0.551. The molecule has 33 heavy (non-hydrogen) atoms. The average molecular weight is 468 g/mol. The highest BCUT2D eigenvalue weighted by atomic mass is 32.1. The van der Waals surface area contributed by atoms with Crippen LogP contribution in [0.5, 0.6) is 0 Å². The molecule has 1 aliphatic heterocycles. The summed E-state index contributed by atoms with van der Waals surface area (Å²) in [6.07, 6.45) is 2.75. The molecule has 0 radical (unpaired) electrons. The molecule has 1 atom stereocenters. The van der Waals surface area contributed by atoms with Crippen LogP contribution >= 0.6 is 11.3 Å². The monoisotopic (exact) mass is 467 g/mol. The van der Waals surface area contributed by atoms with Gasteiger partial charge in [0.1, 0.15) is 4.83 Å². The number of aromatic nitrogens is 2. The zero-order valence-corrected chi connectivity index (χ0v) is 20.5. The number of rotatable bonds is 8. The first-order valence-corrected chi connectivity index (χ1v) is 12.5. The van der Waals surface area contributed by atoms with Gasteiger partial charge in [0.25, 0.3) is 5.56 Å². The van der Waals surface area contributed by atoms with E-state index in [-0.39, 0.29) is 23.9 Å². The van der Waals surface area contributed by atoms with Crippen molar-refractivity contribution < 1.29 is 4.79 Å². The lowest BCUT2D eigenvalue weighted by atomic mass is 10.2. The van der Waals surface area contributed by atoms with E-state index >= 15 is 0 Å². The van der Waals surface area contributed by atoms with Crippen LogP contribution < -0.4 is 15.8 Å². The molecule has 1 N–H and O–H groups in total. The number of thiophene rings is 1. The van der Waals surface area contributed by atoms with E-state index in [0.717, 1.165) is 54.4 Å². The van der Waals surface area contributed by atoms with Gasteiger partial charge in [0.2, 0.25) is 5.91 Å². The first-order chi connectivity index (χ1) is 15.9. The van der Waals surface area contributed by atoms with Crippen LogP contribution in [-0.4, -0.2) is 59.1 Å². The molecule has 1 saturated heterocycles. The van der Waals surface area contributed by atoms with Crippen molar-refractivity contribution in [2.75, 3.05) is 37.6 Å². The van der Waals surface area contributed by atoms with Crippen molar-refractivity contribution in [2.45, 2.75) is 46.2 Å². The summed E-state index contributed by atoms with van der Waals surface area (Å²) < 4.78 is 1.55. The van der Waals surface area contributed by atoms with E-state index in [2.05, 4.69) is 57.4 Å². The van der Waals surface area contributed by atoms with Crippen molar-refractivity contribution >= 4 is 33.1 Å². The highest BCUT2D eigenvalue weighted by molar-refractivity contribution is 7.18. The predicted octanol–water partition coefficient (Wildman–Crippen LogP) is 3.18. The van der Waals surface area contributed by atoms with Crippen LogP contribution in [0.2, 0.25) is 0 Å². The van der Waals surface area contributed by atoms with Crippen LogP contribution in [0.3, 0.4) is 0 Å². The molecular formula is C25H33N5O2S. The number of piperazine rings is 1. The molecule has 0 bridgehead atoms. The molecule has 1 aromatic carbocycles. The Labute approximate surface area is 199 Å². The highest BCUT2D eigenvalue weighted by Crippen LogP contribution is 2.25. The lowest BCUT2D eigenvalue weighted by Crippen LogP contribution is -2.47. The second-order valence-electron chi connectivity index (χ2n) is 8.88. The predicted molar refractivity (Wildman–Crippen MR) is 135 cm³/mol. The first kappa shape index (κ1) is 23.4. The van der Waals surface area contributed by atoms with Crippen molar-refractivity contribution in [3.05, 3.63) is 57.5 Å². The van der Waals surface area contributed by atoms with Gasteiger partial charge in [-0.2, -0.15) is 0 Å². The smallest absolute Gasteiger partial charge is 0.262 e. The van der Waals surface area contributed by atoms with E-state index < -0.39 is 0 Å². The Bertz CT molecular complexity index is 1150. The maximum atomic E-state index is 12.8. The van der Waals surface area contributed by atoms with Gasteiger partial charge in [-0.1, -0.05) is 18.2 Å². The molecule has 2 aromatic heterocycles. The van der Waals surface area contributed by atoms with Gasteiger partial charge in [-0.05, 0) is 44.9 Å². The molecule has 0 aliphatic carbocycles. The van der Waals surface area contributed by atoms with E-state index in [1.165, 1.54) is 5.69 Å². The maximum absolute atomic E-state index is 12.8. The van der Waals surface area contributed by atoms with Crippen LogP contribution in [0.4, 0.5) is 5.69 Å². The minimum atomic E-state index is -0.0580. The van der Waals surface area contributed by atoms with E-state index in [0.29, 0.717) is 11.9 Å². The van der Waals surface area contributed by atoms with Crippen LogP contribution in [-0.2, 0) is 11.3 Å². The molecule has 1 aliphatic rings. The number of anilines is 1. The number of nitrogens with one attached hydrogen (secondary N) is 1. The minimum absolute atomic E-state index is 0.0263. The Kier molecular flexibility index (Phi) is 7.45. The fourth-order valence-electron chi connectivity index (χ4n) is 4.32. The average Bonchev–Trinajstić information content (AvgIpc) is 3.12. The van der Waals surface area contributed by atoms with Gasteiger partial charge in [0.15, 0.2) is 0 Å². The number of aryl methyl sites for hydroxylation is 3. The Morgan fingerprint density at radius 2 is 1.85 bits per heavy atom. The summed E-state index contributed by atoms with van der Waals surface area (Å²) in [6.45, 7) is 11.5. The van der Waals surface area contributed by atoms with Gasteiger partial charge < -0.3 is 10.2 Å². The molecule has 0 spiro atoms. The molecular weight excluding hydrogens is 434 g/mol. The number of carbonyl (C=O) groups excluding carboxylic acids is 1. The Balaban J connectivity index is 1.20.